The minimum atomic E-state index is -0.762. The Kier molecular flexibility index (Phi) is 6.23. The van der Waals surface area contributed by atoms with E-state index in [2.05, 4.69) is 17.4 Å². The summed E-state index contributed by atoms with van der Waals surface area (Å²) in [5.74, 6) is -0.588. The highest BCUT2D eigenvalue weighted by Gasteiger charge is 2.32. The van der Waals surface area contributed by atoms with Gasteiger partial charge in [-0.15, -0.1) is 0 Å². The molecule has 1 amide bonds. The number of carbonyl (C=O) groups excluding carboxylic acids is 1. The predicted octanol–water partition coefficient (Wildman–Crippen LogP) is 4.84. The quantitative estimate of drug-likeness (QED) is 0.349. The molecule has 2 aromatic heterocycles. The Morgan fingerprint density at radius 1 is 1.18 bits per heavy atom. The molecule has 4 aromatic rings. The van der Waals surface area contributed by atoms with Crippen LogP contribution in [0.5, 0.6) is 0 Å². The monoisotopic (exact) mass is 514 g/mol. The first-order valence-corrected chi connectivity index (χ1v) is 13.0. The molecule has 1 unspecified atom stereocenters. The molecule has 8 nitrogen and oxygen atoms in total. The molecule has 2 fully saturated rings. The maximum Gasteiger partial charge on any atom is 0.251 e. The molecule has 1 saturated heterocycles. The minimum Gasteiger partial charge on any atom is -0.378 e. The molecule has 2 aliphatic rings. The van der Waals surface area contributed by atoms with Crippen molar-refractivity contribution in [3.8, 4) is 22.5 Å². The molecule has 196 valence electrons. The van der Waals surface area contributed by atoms with E-state index in [4.69, 9.17) is 20.4 Å². The van der Waals surface area contributed by atoms with Gasteiger partial charge in [0.1, 0.15) is 5.82 Å². The highest BCUT2D eigenvalue weighted by Crippen LogP contribution is 2.46. The van der Waals surface area contributed by atoms with Crippen LogP contribution in [0.2, 0.25) is 0 Å². The van der Waals surface area contributed by atoms with E-state index in [1.54, 1.807) is 12.3 Å². The van der Waals surface area contributed by atoms with Crippen LogP contribution in [0, 0.1) is 5.82 Å². The number of amides is 1. The molecule has 9 heteroatoms. The number of nitrogens with one attached hydrogen (secondary N) is 1. The Bertz CT molecular complexity index is 1500. The highest BCUT2D eigenvalue weighted by atomic mass is 19.1. The fourth-order valence-corrected chi connectivity index (χ4v) is 5.17. The number of carbonyl (C=O) groups is 1. The summed E-state index contributed by atoms with van der Waals surface area (Å²) in [4.78, 5) is 23.5. The van der Waals surface area contributed by atoms with Crippen LogP contribution < -0.4 is 16.0 Å². The second-order valence-electron chi connectivity index (χ2n) is 10.3. The molecule has 1 saturated carbocycles. The van der Waals surface area contributed by atoms with Gasteiger partial charge in [0.25, 0.3) is 5.91 Å². The summed E-state index contributed by atoms with van der Waals surface area (Å²) in [6, 6.07) is 11.4. The number of anilines is 2. The van der Waals surface area contributed by atoms with E-state index in [1.807, 2.05) is 41.7 Å². The molecule has 2 aromatic carbocycles. The largest absolute Gasteiger partial charge is 0.378 e. The van der Waals surface area contributed by atoms with E-state index in [0.29, 0.717) is 29.1 Å². The van der Waals surface area contributed by atoms with E-state index in [1.165, 1.54) is 6.07 Å². The van der Waals surface area contributed by atoms with Crippen molar-refractivity contribution < 1.29 is 13.9 Å². The van der Waals surface area contributed by atoms with Crippen molar-refractivity contribution in [1.82, 2.24) is 14.4 Å². The second-order valence-corrected chi connectivity index (χ2v) is 10.3. The van der Waals surface area contributed by atoms with Crippen molar-refractivity contribution in [3.05, 3.63) is 65.7 Å². The van der Waals surface area contributed by atoms with Gasteiger partial charge in [0, 0.05) is 55.8 Å². The molecular formula is C29H31FN6O2. The number of halogens is 1. The predicted molar refractivity (Wildman–Crippen MR) is 146 cm³/mol. The van der Waals surface area contributed by atoms with E-state index in [0.717, 1.165) is 54.9 Å². The van der Waals surface area contributed by atoms with Crippen molar-refractivity contribution in [2.45, 2.75) is 37.7 Å². The lowest BCUT2D eigenvalue weighted by atomic mass is 9.96. The number of ether oxygens (including phenoxy) is 1. The van der Waals surface area contributed by atoms with Crippen molar-refractivity contribution in [2.24, 2.45) is 5.73 Å². The maximum atomic E-state index is 15.5. The first-order valence-electron chi connectivity index (χ1n) is 13.0. The van der Waals surface area contributed by atoms with Crippen molar-refractivity contribution >= 4 is 23.1 Å². The van der Waals surface area contributed by atoms with E-state index in [-0.39, 0.29) is 17.6 Å². The third-order valence-electron chi connectivity index (χ3n) is 7.40. The molecule has 1 aliphatic carbocycles. The Balaban J connectivity index is 1.49. The Labute approximate surface area is 220 Å². The zero-order valence-electron chi connectivity index (χ0n) is 21.6. The minimum absolute atomic E-state index is 0.0619. The summed E-state index contributed by atoms with van der Waals surface area (Å²) < 4.78 is 23.3. The van der Waals surface area contributed by atoms with Crippen LogP contribution in [0.1, 0.15) is 47.5 Å². The van der Waals surface area contributed by atoms with Crippen molar-refractivity contribution in [3.63, 3.8) is 0 Å². The molecule has 3 N–H and O–H groups in total. The topological polar surface area (TPSA) is 97.8 Å². The summed E-state index contributed by atoms with van der Waals surface area (Å²) >= 11 is 0. The van der Waals surface area contributed by atoms with E-state index >= 15 is 4.39 Å². The van der Waals surface area contributed by atoms with Gasteiger partial charge in [-0.1, -0.05) is 18.2 Å². The third kappa shape index (κ3) is 4.47. The van der Waals surface area contributed by atoms with Crippen LogP contribution >= 0.6 is 0 Å². The Morgan fingerprint density at radius 3 is 2.63 bits per heavy atom. The number of nitrogens with two attached hydrogens (primary N) is 1. The molecular weight excluding hydrogens is 483 g/mol. The number of fused-ring (bicyclic) bond motifs is 1. The molecule has 0 radical (unpaired) electrons. The number of hydrogen-bond donors (Lipinski definition) is 2. The van der Waals surface area contributed by atoms with Crippen LogP contribution in [0.15, 0.2) is 48.8 Å². The summed E-state index contributed by atoms with van der Waals surface area (Å²) in [6.45, 7) is 1.40. The van der Waals surface area contributed by atoms with Gasteiger partial charge in [0.15, 0.2) is 11.5 Å². The average molecular weight is 515 g/mol. The number of benzene rings is 2. The van der Waals surface area contributed by atoms with Crippen LogP contribution in [-0.4, -0.2) is 53.6 Å². The fourth-order valence-electron chi connectivity index (χ4n) is 5.17. The van der Waals surface area contributed by atoms with Crippen LogP contribution in [-0.2, 0) is 4.74 Å². The van der Waals surface area contributed by atoms with Gasteiger partial charge in [-0.05, 0) is 49.8 Å². The summed E-state index contributed by atoms with van der Waals surface area (Å²) in [7, 11) is 4.01. The first-order chi connectivity index (χ1) is 18.4. The first kappa shape index (κ1) is 24.4. The number of primary amides is 1. The number of hydrogen-bond acceptors (Lipinski definition) is 6. The zero-order chi connectivity index (χ0) is 26.4. The molecule has 6 rings (SSSR count). The van der Waals surface area contributed by atoms with Gasteiger partial charge in [0.05, 0.1) is 29.3 Å². The molecule has 3 heterocycles. The van der Waals surface area contributed by atoms with E-state index < -0.39 is 11.7 Å². The van der Waals surface area contributed by atoms with Crippen molar-refractivity contribution in [2.75, 3.05) is 37.5 Å². The van der Waals surface area contributed by atoms with Gasteiger partial charge >= 0.3 is 0 Å². The van der Waals surface area contributed by atoms with Crippen LogP contribution in [0.25, 0.3) is 28.2 Å². The highest BCUT2D eigenvalue weighted by molar-refractivity contribution is 5.94. The summed E-state index contributed by atoms with van der Waals surface area (Å²) in [5, 5.41) is 3.46. The molecule has 38 heavy (non-hydrogen) atoms. The second kappa shape index (κ2) is 9.72. The standard InChI is InChI=1S/C29H31FN6O2/c1-35(2)19-9-7-17(8-10-19)23-16-36-24(15-33-29(36)28(34-23)32-14-20-4-3-13-38-20)21-11-12-22(27(31)37)26(30)25(21)18-5-6-18/h7-12,15-16,18,20H,3-6,13-14H2,1-2H3,(H2,31,37)(H,32,34). The Morgan fingerprint density at radius 2 is 1.97 bits per heavy atom. The summed E-state index contributed by atoms with van der Waals surface area (Å²) in [5.41, 5.74) is 10.8. The van der Waals surface area contributed by atoms with Gasteiger partial charge in [-0.3, -0.25) is 9.20 Å². The van der Waals surface area contributed by atoms with Crippen LogP contribution in [0.4, 0.5) is 15.9 Å². The fraction of sp³-hybridized carbons (Fsp3) is 0.345. The normalized spacial score (nSPS) is 17.2. The van der Waals surface area contributed by atoms with Gasteiger partial charge in [-0.25, -0.2) is 14.4 Å². The number of nitrogens with zero attached hydrogens (tertiary/aromatic N) is 4. The molecule has 1 aliphatic heterocycles. The lowest BCUT2D eigenvalue weighted by Crippen LogP contribution is -2.19. The molecule has 1 atom stereocenters. The lowest BCUT2D eigenvalue weighted by Gasteiger charge is -2.16. The van der Waals surface area contributed by atoms with Gasteiger partial charge < -0.3 is 20.7 Å². The smallest absolute Gasteiger partial charge is 0.251 e. The van der Waals surface area contributed by atoms with Crippen LogP contribution in [0.3, 0.4) is 0 Å². The SMILES string of the molecule is CN(C)c1ccc(-c2cn3c(-c4ccc(C(N)=O)c(F)c4C4CC4)cnc3c(NCC3CCCO3)n2)cc1. The number of aromatic nitrogens is 3. The molecule has 0 bridgehead atoms. The Hall–Kier alpha value is -3.98. The van der Waals surface area contributed by atoms with Gasteiger partial charge in [0.2, 0.25) is 0 Å². The third-order valence-corrected chi connectivity index (χ3v) is 7.40. The lowest BCUT2D eigenvalue weighted by molar-refractivity contribution is 0.0996. The summed E-state index contributed by atoms with van der Waals surface area (Å²) in [6.07, 6.45) is 7.63. The number of rotatable bonds is 8. The van der Waals surface area contributed by atoms with Gasteiger partial charge in [-0.2, -0.15) is 0 Å². The molecule has 0 spiro atoms. The van der Waals surface area contributed by atoms with Crippen molar-refractivity contribution in [1.29, 1.82) is 0 Å². The average Bonchev–Trinajstić information content (AvgIpc) is 3.42. The zero-order valence-corrected chi connectivity index (χ0v) is 21.6. The maximum absolute atomic E-state index is 15.5. The van der Waals surface area contributed by atoms with E-state index in [9.17, 15) is 4.79 Å². The number of imidazole rings is 1.